The molecule has 7 nitrogen and oxygen atoms in total. The van der Waals surface area contributed by atoms with E-state index in [-0.39, 0.29) is 34.5 Å². The molecule has 2 N–H and O–H groups in total. The Kier molecular flexibility index (Phi) is 7.81. The van der Waals surface area contributed by atoms with Crippen LogP contribution in [-0.4, -0.2) is 28.7 Å². The number of hydrogen-bond donors (Lipinski definition) is 2. The van der Waals surface area contributed by atoms with Gasteiger partial charge < -0.3 is 19.5 Å². The van der Waals surface area contributed by atoms with Gasteiger partial charge in [-0.05, 0) is 59.7 Å². The number of carbonyl (C=O) groups is 3. The standard InChI is InChI=1S/C16H17NO3.C9H13NO2/c1-16(2,3)17-15(19)14-12(9-10-20-14)13(18)11-7-5-4-6-8-11;1-9(2,3)10-8(11)7-5-4-6-12-7/h4-10H,1-3H3,(H,17,19);4-6H,1-3H3,(H,10,11). The highest BCUT2D eigenvalue weighted by atomic mass is 16.3. The van der Waals surface area contributed by atoms with Gasteiger partial charge in [0.1, 0.15) is 0 Å². The van der Waals surface area contributed by atoms with Crippen LogP contribution in [0.2, 0.25) is 0 Å². The molecule has 7 heteroatoms. The van der Waals surface area contributed by atoms with E-state index in [9.17, 15) is 14.4 Å². The lowest BCUT2D eigenvalue weighted by Gasteiger charge is -2.19. The number of ketones is 1. The second kappa shape index (κ2) is 10.1. The summed E-state index contributed by atoms with van der Waals surface area (Å²) < 4.78 is 10.1. The van der Waals surface area contributed by atoms with Gasteiger partial charge in [-0.25, -0.2) is 0 Å². The first-order valence-corrected chi connectivity index (χ1v) is 10.2. The number of furan rings is 2. The molecule has 0 spiro atoms. The molecule has 0 unspecified atom stereocenters. The molecule has 32 heavy (non-hydrogen) atoms. The fraction of sp³-hybridized carbons (Fsp3) is 0.320. The predicted molar refractivity (Wildman–Crippen MR) is 122 cm³/mol. The third-order valence-electron chi connectivity index (χ3n) is 3.87. The van der Waals surface area contributed by atoms with Crippen molar-refractivity contribution < 1.29 is 23.2 Å². The Hall–Kier alpha value is -3.61. The molecule has 0 aliphatic rings. The second-order valence-corrected chi connectivity index (χ2v) is 9.24. The normalized spacial score (nSPS) is 11.2. The van der Waals surface area contributed by atoms with Crippen LogP contribution in [0.1, 0.15) is 78.6 Å². The average Bonchev–Trinajstić information content (AvgIpc) is 3.38. The summed E-state index contributed by atoms with van der Waals surface area (Å²) in [6.45, 7) is 11.4. The predicted octanol–water partition coefficient (Wildman–Crippen LogP) is 4.85. The first kappa shape index (κ1) is 24.7. The SMILES string of the molecule is CC(C)(C)NC(=O)c1ccco1.CC(C)(C)NC(=O)c1occc1C(=O)c1ccccc1. The van der Waals surface area contributed by atoms with E-state index in [1.54, 1.807) is 36.4 Å². The maximum Gasteiger partial charge on any atom is 0.288 e. The van der Waals surface area contributed by atoms with Crippen LogP contribution >= 0.6 is 0 Å². The van der Waals surface area contributed by atoms with Crippen molar-refractivity contribution >= 4 is 17.6 Å². The molecule has 2 aromatic heterocycles. The topological polar surface area (TPSA) is 102 Å². The minimum absolute atomic E-state index is 0.0498. The molecule has 0 bridgehead atoms. The van der Waals surface area contributed by atoms with Crippen LogP contribution in [0.3, 0.4) is 0 Å². The maximum absolute atomic E-state index is 12.4. The fourth-order valence-corrected chi connectivity index (χ4v) is 2.62. The summed E-state index contributed by atoms with van der Waals surface area (Å²) in [5, 5.41) is 5.57. The Balaban J connectivity index is 0.000000258. The van der Waals surface area contributed by atoms with E-state index in [1.165, 1.54) is 18.6 Å². The first-order chi connectivity index (χ1) is 14.9. The van der Waals surface area contributed by atoms with Gasteiger partial charge in [-0.1, -0.05) is 30.3 Å². The van der Waals surface area contributed by atoms with Crippen LogP contribution in [0.4, 0.5) is 0 Å². The molecular weight excluding hydrogens is 408 g/mol. The molecule has 0 saturated carbocycles. The first-order valence-electron chi connectivity index (χ1n) is 10.2. The Morgan fingerprint density at radius 1 is 0.688 bits per heavy atom. The van der Waals surface area contributed by atoms with Crippen molar-refractivity contribution in [2.45, 2.75) is 52.6 Å². The zero-order valence-corrected chi connectivity index (χ0v) is 19.3. The Morgan fingerprint density at radius 3 is 1.81 bits per heavy atom. The van der Waals surface area contributed by atoms with E-state index in [4.69, 9.17) is 8.83 Å². The van der Waals surface area contributed by atoms with Gasteiger partial charge in [-0.15, -0.1) is 0 Å². The summed E-state index contributed by atoms with van der Waals surface area (Å²) in [7, 11) is 0. The van der Waals surface area contributed by atoms with E-state index in [0.717, 1.165) is 0 Å². The zero-order valence-electron chi connectivity index (χ0n) is 19.3. The summed E-state index contributed by atoms with van der Waals surface area (Å²) in [4.78, 5) is 35.8. The fourth-order valence-electron chi connectivity index (χ4n) is 2.62. The summed E-state index contributed by atoms with van der Waals surface area (Å²) in [5.74, 6) is -0.383. The van der Waals surface area contributed by atoms with Crippen LogP contribution in [0.5, 0.6) is 0 Å². The van der Waals surface area contributed by atoms with Crippen molar-refractivity contribution in [3.05, 3.63) is 83.7 Å². The van der Waals surface area contributed by atoms with Crippen molar-refractivity contribution in [1.82, 2.24) is 10.6 Å². The lowest BCUT2D eigenvalue weighted by atomic mass is 10.0. The van der Waals surface area contributed by atoms with Crippen molar-refractivity contribution in [3.63, 3.8) is 0 Å². The van der Waals surface area contributed by atoms with Gasteiger partial charge in [0.2, 0.25) is 5.76 Å². The lowest BCUT2D eigenvalue weighted by Crippen LogP contribution is -2.40. The van der Waals surface area contributed by atoms with Crippen molar-refractivity contribution in [1.29, 1.82) is 0 Å². The molecule has 1 aromatic carbocycles. The molecule has 170 valence electrons. The number of hydrogen-bond acceptors (Lipinski definition) is 5. The van der Waals surface area contributed by atoms with E-state index in [2.05, 4.69) is 10.6 Å². The summed E-state index contributed by atoms with van der Waals surface area (Å²) in [6, 6.07) is 13.7. The van der Waals surface area contributed by atoms with Crippen LogP contribution < -0.4 is 10.6 Å². The number of rotatable bonds is 4. The molecule has 0 atom stereocenters. The van der Waals surface area contributed by atoms with E-state index >= 15 is 0 Å². The van der Waals surface area contributed by atoms with Gasteiger partial charge >= 0.3 is 0 Å². The van der Waals surface area contributed by atoms with E-state index in [0.29, 0.717) is 11.3 Å². The Morgan fingerprint density at radius 2 is 1.28 bits per heavy atom. The monoisotopic (exact) mass is 438 g/mol. The van der Waals surface area contributed by atoms with Crippen LogP contribution in [0.25, 0.3) is 0 Å². The molecule has 2 heterocycles. The summed E-state index contributed by atoms with van der Waals surface area (Å²) in [6.07, 6.45) is 2.84. The third kappa shape index (κ3) is 7.58. The Bertz CT molecular complexity index is 1040. The van der Waals surface area contributed by atoms with Gasteiger partial charge in [-0.2, -0.15) is 0 Å². The molecule has 2 amide bonds. The number of benzene rings is 1. The van der Waals surface area contributed by atoms with Crippen LogP contribution in [0.15, 0.2) is 69.9 Å². The zero-order chi connectivity index (χ0) is 23.9. The highest BCUT2D eigenvalue weighted by Gasteiger charge is 2.24. The molecule has 3 rings (SSSR count). The van der Waals surface area contributed by atoms with Gasteiger partial charge in [0, 0.05) is 16.6 Å². The molecule has 3 aromatic rings. The maximum atomic E-state index is 12.4. The van der Waals surface area contributed by atoms with Crippen molar-refractivity contribution in [2.24, 2.45) is 0 Å². The van der Waals surface area contributed by atoms with Gasteiger partial charge in [0.25, 0.3) is 11.8 Å². The second-order valence-electron chi connectivity index (χ2n) is 9.24. The van der Waals surface area contributed by atoms with Gasteiger partial charge in [-0.3, -0.25) is 14.4 Å². The largest absolute Gasteiger partial charge is 0.459 e. The van der Waals surface area contributed by atoms with E-state index < -0.39 is 5.54 Å². The summed E-state index contributed by atoms with van der Waals surface area (Å²) >= 11 is 0. The minimum Gasteiger partial charge on any atom is -0.459 e. The third-order valence-corrected chi connectivity index (χ3v) is 3.87. The van der Waals surface area contributed by atoms with Gasteiger partial charge in [0.15, 0.2) is 11.5 Å². The van der Waals surface area contributed by atoms with Crippen molar-refractivity contribution in [2.75, 3.05) is 0 Å². The molecule has 0 saturated heterocycles. The molecule has 0 aliphatic carbocycles. The number of carbonyl (C=O) groups excluding carboxylic acids is 3. The highest BCUT2D eigenvalue weighted by Crippen LogP contribution is 2.17. The molecular formula is C25H30N2O5. The smallest absolute Gasteiger partial charge is 0.288 e. The lowest BCUT2D eigenvalue weighted by molar-refractivity contribution is 0.0878. The van der Waals surface area contributed by atoms with Crippen molar-refractivity contribution in [3.8, 4) is 0 Å². The number of nitrogens with one attached hydrogen (secondary N) is 2. The number of amides is 2. The van der Waals surface area contributed by atoms with E-state index in [1.807, 2.05) is 47.6 Å². The summed E-state index contributed by atoms with van der Waals surface area (Å²) in [5.41, 5.74) is 0.192. The van der Waals surface area contributed by atoms with Crippen LogP contribution in [-0.2, 0) is 0 Å². The van der Waals surface area contributed by atoms with Gasteiger partial charge in [0.05, 0.1) is 18.1 Å². The quantitative estimate of drug-likeness (QED) is 0.567. The minimum atomic E-state index is -0.392. The Labute approximate surface area is 188 Å². The molecule has 0 fully saturated rings. The molecule has 0 aliphatic heterocycles. The molecule has 0 radical (unpaired) electrons. The van der Waals surface area contributed by atoms with Crippen LogP contribution in [0, 0.1) is 0 Å². The average molecular weight is 439 g/mol. The highest BCUT2D eigenvalue weighted by molar-refractivity contribution is 6.14.